The second-order valence-electron chi connectivity index (χ2n) is 4.90. The summed E-state index contributed by atoms with van der Waals surface area (Å²) in [5, 5.41) is 5.72. The summed E-state index contributed by atoms with van der Waals surface area (Å²) in [6.07, 6.45) is 1.61. The molecule has 7 heteroatoms. The summed E-state index contributed by atoms with van der Waals surface area (Å²) in [7, 11) is -0.409. The van der Waals surface area contributed by atoms with Gasteiger partial charge >= 0.3 is 0 Å². The number of hydrogen-bond donors (Lipinski definition) is 0. The lowest BCUT2D eigenvalue weighted by molar-refractivity contribution is 0.414. The van der Waals surface area contributed by atoms with Gasteiger partial charge in [-0.05, 0) is 24.3 Å². The Balaban J connectivity index is 1.93. The number of rotatable bonds is 3. The molecule has 0 N–H and O–H groups in total. The summed E-state index contributed by atoms with van der Waals surface area (Å²) >= 11 is 0. The van der Waals surface area contributed by atoms with Crippen LogP contribution in [0.3, 0.4) is 0 Å². The molecule has 6 nitrogen and oxygen atoms in total. The Kier molecular flexibility index (Phi) is 3.87. The molecule has 0 saturated carbocycles. The Morgan fingerprint density at radius 3 is 2.61 bits per heavy atom. The zero-order valence-electron chi connectivity index (χ0n) is 12.7. The highest BCUT2D eigenvalue weighted by atomic mass is 32.2. The number of hydrazone groups is 1. The summed E-state index contributed by atoms with van der Waals surface area (Å²) < 4.78 is 33.2. The standard InChI is InChI=1S/C16H15N3O3S/c1-19(17-11-12-7-3-5-9-14(12)22-2)16-13-8-4-6-10-15(13)23(20,21)18-16/h3-11H,1-2H3/b17-11+. The van der Waals surface area contributed by atoms with Crippen LogP contribution in [-0.4, -0.2) is 39.6 Å². The molecule has 0 aromatic heterocycles. The van der Waals surface area contributed by atoms with E-state index in [-0.39, 0.29) is 4.90 Å². The second kappa shape index (κ2) is 5.85. The Labute approximate surface area is 134 Å². The average Bonchev–Trinajstić information content (AvgIpc) is 2.85. The third-order valence-corrected chi connectivity index (χ3v) is 4.75. The van der Waals surface area contributed by atoms with Gasteiger partial charge in [-0.1, -0.05) is 24.3 Å². The molecular weight excluding hydrogens is 314 g/mol. The highest BCUT2D eigenvalue weighted by Crippen LogP contribution is 2.27. The van der Waals surface area contributed by atoms with Crippen molar-refractivity contribution in [2.75, 3.05) is 14.2 Å². The van der Waals surface area contributed by atoms with Gasteiger partial charge < -0.3 is 4.74 Å². The number of sulfonamides is 1. The van der Waals surface area contributed by atoms with E-state index in [1.807, 2.05) is 24.3 Å². The van der Waals surface area contributed by atoms with E-state index in [4.69, 9.17) is 4.74 Å². The normalized spacial score (nSPS) is 15.3. The maximum absolute atomic E-state index is 12.1. The van der Waals surface area contributed by atoms with E-state index in [9.17, 15) is 8.42 Å². The molecule has 1 aliphatic rings. The van der Waals surface area contributed by atoms with Crippen molar-refractivity contribution >= 4 is 22.1 Å². The van der Waals surface area contributed by atoms with Crippen LogP contribution >= 0.6 is 0 Å². The van der Waals surface area contributed by atoms with Gasteiger partial charge in [0.1, 0.15) is 10.6 Å². The van der Waals surface area contributed by atoms with E-state index in [0.717, 1.165) is 5.56 Å². The minimum atomic E-state index is -3.65. The van der Waals surface area contributed by atoms with Gasteiger partial charge in [0.25, 0.3) is 10.0 Å². The monoisotopic (exact) mass is 329 g/mol. The van der Waals surface area contributed by atoms with Crippen LogP contribution in [0, 0.1) is 0 Å². The topological polar surface area (TPSA) is 71.3 Å². The van der Waals surface area contributed by atoms with Crippen LogP contribution in [-0.2, 0) is 10.0 Å². The molecule has 23 heavy (non-hydrogen) atoms. The zero-order chi connectivity index (χ0) is 16.4. The Hall–Kier alpha value is -2.67. The van der Waals surface area contributed by atoms with Crippen LogP contribution in [0.5, 0.6) is 5.75 Å². The number of methoxy groups -OCH3 is 1. The van der Waals surface area contributed by atoms with Crippen molar-refractivity contribution in [3.8, 4) is 5.75 Å². The second-order valence-corrected chi connectivity index (χ2v) is 6.47. The molecule has 0 unspecified atom stereocenters. The SMILES string of the molecule is COc1ccccc1/C=N/N(C)C1=NS(=O)(=O)c2ccccc21. The minimum Gasteiger partial charge on any atom is -0.496 e. The van der Waals surface area contributed by atoms with Gasteiger partial charge in [-0.15, -0.1) is 4.40 Å². The van der Waals surface area contributed by atoms with E-state index in [1.54, 1.807) is 44.6 Å². The van der Waals surface area contributed by atoms with Crippen molar-refractivity contribution in [3.05, 3.63) is 59.7 Å². The molecule has 0 amide bonds. The number of fused-ring (bicyclic) bond motifs is 1. The van der Waals surface area contributed by atoms with Crippen LogP contribution < -0.4 is 4.74 Å². The Morgan fingerprint density at radius 1 is 1.13 bits per heavy atom. The van der Waals surface area contributed by atoms with E-state index >= 15 is 0 Å². The minimum absolute atomic E-state index is 0.203. The van der Waals surface area contributed by atoms with Crippen molar-refractivity contribution in [2.24, 2.45) is 9.50 Å². The molecule has 118 valence electrons. The van der Waals surface area contributed by atoms with E-state index < -0.39 is 10.0 Å². The first-order valence-corrected chi connectivity index (χ1v) is 8.32. The quantitative estimate of drug-likeness (QED) is 0.639. The van der Waals surface area contributed by atoms with E-state index in [0.29, 0.717) is 17.1 Å². The van der Waals surface area contributed by atoms with Crippen molar-refractivity contribution in [3.63, 3.8) is 0 Å². The van der Waals surface area contributed by atoms with Gasteiger partial charge in [0.05, 0.1) is 13.3 Å². The molecule has 0 radical (unpaired) electrons. The summed E-state index contributed by atoms with van der Waals surface area (Å²) in [5.74, 6) is 0.984. The summed E-state index contributed by atoms with van der Waals surface area (Å²) in [6.45, 7) is 0. The van der Waals surface area contributed by atoms with Crippen molar-refractivity contribution in [1.29, 1.82) is 0 Å². The molecule has 2 aromatic carbocycles. The maximum atomic E-state index is 12.1. The van der Waals surface area contributed by atoms with Crippen LogP contribution in [0.15, 0.2) is 62.9 Å². The first-order valence-electron chi connectivity index (χ1n) is 6.88. The highest BCUT2D eigenvalue weighted by molar-refractivity contribution is 7.90. The van der Waals surface area contributed by atoms with Crippen molar-refractivity contribution < 1.29 is 13.2 Å². The lowest BCUT2D eigenvalue weighted by Crippen LogP contribution is -2.21. The van der Waals surface area contributed by atoms with Gasteiger partial charge in [0.15, 0.2) is 5.84 Å². The van der Waals surface area contributed by atoms with E-state index in [1.165, 1.54) is 5.01 Å². The largest absolute Gasteiger partial charge is 0.496 e. The molecule has 3 rings (SSSR count). The van der Waals surface area contributed by atoms with Crippen LogP contribution in [0.1, 0.15) is 11.1 Å². The smallest absolute Gasteiger partial charge is 0.285 e. The number of benzene rings is 2. The lowest BCUT2D eigenvalue weighted by atomic mass is 10.2. The molecule has 2 aromatic rings. The average molecular weight is 329 g/mol. The maximum Gasteiger partial charge on any atom is 0.285 e. The fourth-order valence-electron chi connectivity index (χ4n) is 2.30. The number of ether oxygens (including phenoxy) is 1. The Bertz CT molecular complexity index is 904. The van der Waals surface area contributed by atoms with Crippen LogP contribution in [0.4, 0.5) is 0 Å². The predicted molar refractivity (Wildman–Crippen MR) is 88.5 cm³/mol. The first-order chi connectivity index (χ1) is 11.0. The van der Waals surface area contributed by atoms with Crippen molar-refractivity contribution in [1.82, 2.24) is 5.01 Å². The van der Waals surface area contributed by atoms with Gasteiger partial charge in [-0.3, -0.25) is 0 Å². The summed E-state index contributed by atoms with van der Waals surface area (Å²) in [6, 6.07) is 14.1. The van der Waals surface area contributed by atoms with Gasteiger partial charge in [-0.2, -0.15) is 13.5 Å². The third-order valence-electron chi connectivity index (χ3n) is 3.43. The third kappa shape index (κ3) is 2.83. The fourth-order valence-corrected chi connectivity index (χ4v) is 3.53. The number of para-hydroxylation sites is 1. The van der Waals surface area contributed by atoms with Crippen molar-refractivity contribution in [2.45, 2.75) is 4.90 Å². The zero-order valence-corrected chi connectivity index (χ0v) is 13.5. The van der Waals surface area contributed by atoms with E-state index in [2.05, 4.69) is 9.50 Å². The van der Waals surface area contributed by atoms with Crippen LogP contribution in [0.2, 0.25) is 0 Å². The summed E-state index contributed by atoms with van der Waals surface area (Å²) in [5.41, 5.74) is 1.34. The molecule has 0 fully saturated rings. The predicted octanol–water partition coefficient (Wildman–Crippen LogP) is 2.11. The Morgan fingerprint density at radius 2 is 1.83 bits per heavy atom. The van der Waals surface area contributed by atoms with Gasteiger partial charge in [0, 0.05) is 18.2 Å². The van der Waals surface area contributed by atoms with Gasteiger partial charge in [0.2, 0.25) is 0 Å². The fraction of sp³-hybridized carbons (Fsp3) is 0.125. The molecule has 1 heterocycles. The van der Waals surface area contributed by atoms with Crippen LogP contribution in [0.25, 0.3) is 0 Å². The summed E-state index contributed by atoms with van der Waals surface area (Å²) in [4.78, 5) is 0.203. The number of hydrogen-bond acceptors (Lipinski definition) is 5. The lowest BCUT2D eigenvalue weighted by Gasteiger charge is -2.12. The molecule has 0 bridgehead atoms. The molecule has 1 aliphatic heterocycles. The number of nitrogens with zero attached hydrogens (tertiary/aromatic N) is 3. The highest BCUT2D eigenvalue weighted by Gasteiger charge is 2.30. The number of amidine groups is 1. The molecule has 0 atom stereocenters. The first kappa shape index (κ1) is 15.2. The molecule has 0 aliphatic carbocycles. The van der Waals surface area contributed by atoms with Gasteiger partial charge in [-0.25, -0.2) is 5.01 Å². The molecular formula is C16H15N3O3S. The molecule has 0 saturated heterocycles. The molecule has 0 spiro atoms.